The molecule has 2 N–H and O–H groups in total. The number of nitrogens with zero attached hydrogens (tertiary/aromatic N) is 1. The minimum atomic E-state index is -0.203. The number of hydrogen-bond donors (Lipinski definition) is 2. The van der Waals surface area contributed by atoms with Crippen LogP contribution in [0.25, 0.3) is 0 Å². The van der Waals surface area contributed by atoms with Crippen LogP contribution in [0.3, 0.4) is 0 Å². The van der Waals surface area contributed by atoms with E-state index in [-0.39, 0.29) is 12.5 Å². The number of anilines is 1. The molecule has 0 unspecified atom stereocenters. The van der Waals surface area contributed by atoms with Crippen LogP contribution < -0.4 is 15.5 Å². The third kappa shape index (κ3) is 5.28. The van der Waals surface area contributed by atoms with E-state index in [2.05, 4.69) is 15.8 Å². The van der Waals surface area contributed by atoms with Gasteiger partial charge in [0.2, 0.25) is 0 Å². The van der Waals surface area contributed by atoms with Gasteiger partial charge in [0.25, 0.3) is 5.91 Å². The molecule has 114 valence electrons. The van der Waals surface area contributed by atoms with Crippen molar-refractivity contribution in [1.29, 1.82) is 0 Å². The monoisotopic (exact) mass is 297 g/mol. The molecule has 0 radical (unpaired) electrons. The van der Waals surface area contributed by atoms with E-state index in [4.69, 9.17) is 4.74 Å². The lowest BCUT2D eigenvalue weighted by Crippen LogP contribution is -2.25. The van der Waals surface area contributed by atoms with Crippen LogP contribution in [-0.4, -0.2) is 25.3 Å². The zero-order valence-electron chi connectivity index (χ0n) is 12.5. The van der Waals surface area contributed by atoms with Gasteiger partial charge < -0.3 is 10.1 Å². The fraction of sp³-hybridized carbons (Fsp3) is 0.176. The van der Waals surface area contributed by atoms with E-state index >= 15 is 0 Å². The largest absolute Gasteiger partial charge is 0.494 e. The minimum Gasteiger partial charge on any atom is -0.494 e. The van der Waals surface area contributed by atoms with Crippen LogP contribution in [0.4, 0.5) is 5.69 Å². The minimum absolute atomic E-state index is 0.171. The Morgan fingerprint density at radius 3 is 2.55 bits per heavy atom. The highest BCUT2D eigenvalue weighted by Crippen LogP contribution is 2.10. The van der Waals surface area contributed by atoms with Crippen LogP contribution in [0.2, 0.25) is 0 Å². The van der Waals surface area contributed by atoms with Gasteiger partial charge in [-0.2, -0.15) is 5.10 Å². The summed E-state index contributed by atoms with van der Waals surface area (Å²) in [6.07, 6.45) is 1.59. The third-order valence-electron chi connectivity index (χ3n) is 2.82. The molecule has 0 aliphatic carbocycles. The first-order chi connectivity index (χ1) is 10.8. The molecule has 0 saturated heterocycles. The molecule has 0 spiro atoms. The van der Waals surface area contributed by atoms with Gasteiger partial charge >= 0.3 is 0 Å². The van der Waals surface area contributed by atoms with E-state index in [0.29, 0.717) is 6.61 Å². The summed E-state index contributed by atoms with van der Waals surface area (Å²) < 4.78 is 5.36. The van der Waals surface area contributed by atoms with Crippen LogP contribution in [0.15, 0.2) is 59.7 Å². The summed E-state index contributed by atoms with van der Waals surface area (Å²) in [6.45, 7) is 2.75. The summed E-state index contributed by atoms with van der Waals surface area (Å²) in [5.74, 6) is 0.613. The molecule has 0 aromatic heterocycles. The van der Waals surface area contributed by atoms with Gasteiger partial charge in [0.15, 0.2) is 0 Å². The van der Waals surface area contributed by atoms with Crippen molar-refractivity contribution in [3.63, 3.8) is 0 Å². The molecular weight excluding hydrogens is 278 g/mol. The van der Waals surface area contributed by atoms with Crippen molar-refractivity contribution < 1.29 is 9.53 Å². The average Bonchev–Trinajstić information content (AvgIpc) is 2.56. The second-order valence-electron chi connectivity index (χ2n) is 4.51. The van der Waals surface area contributed by atoms with Crippen LogP contribution >= 0.6 is 0 Å². The van der Waals surface area contributed by atoms with Gasteiger partial charge in [-0.25, -0.2) is 5.43 Å². The van der Waals surface area contributed by atoms with E-state index in [1.165, 1.54) is 0 Å². The Kier molecular flexibility index (Phi) is 5.99. The van der Waals surface area contributed by atoms with Crippen LogP contribution in [0.5, 0.6) is 5.75 Å². The number of ether oxygens (including phenoxy) is 1. The number of nitrogens with one attached hydrogen (secondary N) is 2. The summed E-state index contributed by atoms with van der Waals surface area (Å²) in [7, 11) is 0. The van der Waals surface area contributed by atoms with Gasteiger partial charge in [-0.3, -0.25) is 4.79 Å². The quantitative estimate of drug-likeness (QED) is 0.610. The average molecular weight is 297 g/mol. The van der Waals surface area contributed by atoms with Crippen molar-refractivity contribution in [2.75, 3.05) is 18.5 Å². The Labute approximate surface area is 130 Å². The molecule has 0 saturated carbocycles. The second-order valence-corrected chi connectivity index (χ2v) is 4.51. The Hall–Kier alpha value is -2.82. The van der Waals surface area contributed by atoms with Gasteiger partial charge in [0, 0.05) is 5.69 Å². The molecule has 5 nitrogen and oxygen atoms in total. The Morgan fingerprint density at radius 2 is 1.86 bits per heavy atom. The van der Waals surface area contributed by atoms with E-state index < -0.39 is 0 Å². The molecule has 0 aliphatic heterocycles. The zero-order chi connectivity index (χ0) is 15.6. The molecule has 0 fully saturated rings. The van der Waals surface area contributed by atoms with Crippen molar-refractivity contribution >= 4 is 17.8 Å². The van der Waals surface area contributed by atoms with E-state index in [9.17, 15) is 4.79 Å². The molecule has 1 amide bonds. The predicted octanol–water partition coefficient (Wildman–Crippen LogP) is 2.65. The second kappa shape index (κ2) is 8.46. The number of carbonyl (C=O) groups excluding carboxylic acids is 1. The third-order valence-corrected chi connectivity index (χ3v) is 2.82. The van der Waals surface area contributed by atoms with Crippen LogP contribution in [0.1, 0.15) is 12.5 Å². The zero-order valence-corrected chi connectivity index (χ0v) is 12.5. The summed E-state index contributed by atoms with van der Waals surface area (Å²) >= 11 is 0. The van der Waals surface area contributed by atoms with E-state index in [1.54, 1.807) is 6.21 Å². The maximum Gasteiger partial charge on any atom is 0.259 e. The number of hydrazone groups is 1. The van der Waals surface area contributed by atoms with Crippen molar-refractivity contribution in [1.82, 2.24) is 5.43 Å². The number of carbonyl (C=O) groups is 1. The Morgan fingerprint density at radius 1 is 1.14 bits per heavy atom. The summed E-state index contributed by atoms with van der Waals surface area (Å²) in [5, 5.41) is 6.94. The van der Waals surface area contributed by atoms with Gasteiger partial charge in [0.1, 0.15) is 5.75 Å². The first-order valence-corrected chi connectivity index (χ1v) is 7.11. The lowest BCUT2D eigenvalue weighted by Gasteiger charge is -2.04. The van der Waals surface area contributed by atoms with Crippen molar-refractivity contribution in [3.8, 4) is 5.75 Å². The predicted molar refractivity (Wildman–Crippen MR) is 88.3 cm³/mol. The lowest BCUT2D eigenvalue weighted by atomic mass is 10.2. The molecule has 0 heterocycles. The van der Waals surface area contributed by atoms with Gasteiger partial charge in [-0.15, -0.1) is 0 Å². The summed E-state index contributed by atoms with van der Waals surface area (Å²) in [6, 6.07) is 17.0. The first-order valence-electron chi connectivity index (χ1n) is 7.11. The Balaban J connectivity index is 1.75. The fourth-order valence-corrected chi connectivity index (χ4v) is 1.77. The smallest absolute Gasteiger partial charge is 0.259 e. The molecule has 22 heavy (non-hydrogen) atoms. The molecule has 0 bridgehead atoms. The summed E-state index contributed by atoms with van der Waals surface area (Å²) in [4.78, 5) is 11.6. The number of rotatable bonds is 7. The SMILES string of the molecule is CCOc1ccc(/C=N\NC(=O)CNc2ccccc2)cc1. The van der Waals surface area contributed by atoms with Gasteiger partial charge in [-0.05, 0) is 48.9 Å². The van der Waals surface area contributed by atoms with Gasteiger partial charge in [0.05, 0.1) is 19.4 Å². The molecule has 2 aromatic carbocycles. The molecular formula is C17H19N3O2. The van der Waals surface area contributed by atoms with Crippen molar-refractivity contribution in [2.24, 2.45) is 5.10 Å². The van der Waals surface area contributed by atoms with Gasteiger partial charge in [-0.1, -0.05) is 18.2 Å². The standard InChI is InChI=1S/C17H19N3O2/c1-2-22-16-10-8-14(9-11-16)12-19-20-17(21)13-18-15-6-4-3-5-7-15/h3-12,18H,2,13H2,1H3,(H,20,21)/b19-12-. The molecule has 0 atom stereocenters. The first kappa shape index (κ1) is 15.6. The van der Waals surface area contributed by atoms with E-state index in [0.717, 1.165) is 17.0 Å². The highest BCUT2D eigenvalue weighted by molar-refractivity contribution is 5.84. The van der Waals surface area contributed by atoms with Crippen molar-refractivity contribution in [2.45, 2.75) is 6.92 Å². The fourth-order valence-electron chi connectivity index (χ4n) is 1.77. The lowest BCUT2D eigenvalue weighted by molar-refractivity contribution is -0.119. The molecule has 2 rings (SSSR count). The highest BCUT2D eigenvalue weighted by atomic mass is 16.5. The molecule has 0 aliphatic rings. The number of amides is 1. The molecule has 2 aromatic rings. The maximum absolute atomic E-state index is 11.6. The number of hydrogen-bond acceptors (Lipinski definition) is 4. The van der Waals surface area contributed by atoms with E-state index in [1.807, 2.05) is 61.5 Å². The highest BCUT2D eigenvalue weighted by Gasteiger charge is 1.98. The van der Waals surface area contributed by atoms with Crippen LogP contribution in [-0.2, 0) is 4.79 Å². The van der Waals surface area contributed by atoms with Crippen LogP contribution in [0, 0.1) is 0 Å². The summed E-state index contributed by atoms with van der Waals surface area (Å²) in [5.41, 5.74) is 4.26. The Bertz CT molecular complexity index is 610. The normalized spacial score (nSPS) is 10.4. The number of benzene rings is 2. The maximum atomic E-state index is 11.6. The molecule has 5 heteroatoms. The number of para-hydroxylation sites is 1. The topological polar surface area (TPSA) is 62.7 Å². The van der Waals surface area contributed by atoms with Crippen molar-refractivity contribution in [3.05, 3.63) is 60.2 Å².